The zero-order valence-corrected chi connectivity index (χ0v) is 26.3. The minimum Gasteiger partial charge on any atom is -0.492 e. The van der Waals surface area contributed by atoms with Gasteiger partial charge in [0.1, 0.15) is 0 Å². The van der Waals surface area contributed by atoms with Crippen molar-refractivity contribution in [3.8, 4) is 17.2 Å². The van der Waals surface area contributed by atoms with Crippen molar-refractivity contribution in [1.82, 2.24) is 14.8 Å². The summed E-state index contributed by atoms with van der Waals surface area (Å²) in [6.07, 6.45) is 5.73. The van der Waals surface area contributed by atoms with Crippen LogP contribution in [0.25, 0.3) is 10.9 Å². The maximum atomic E-state index is 13.4. The molecule has 0 bridgehead atoms. The highest BCUT2D eigenvalue weighted by atomic mass is 16.5. The number of para-hydroxylation sites is 1. The van der Waals surface area contributed by atoms with Gasteiger partial charge in [0.25, 0.3) is 12.4 Å². The van der Waals surface area contributed by atoms with Gasteiger partial charge in [0.15, 0.2) is 11.5 Å². The summed E-state index contributed by atoms with van der Waals surface area (Å²) in [4.78, 5) is 33.4. The number of nitrogens with zero attached hydrogens (tertiary/aromatic N) is 3. The van der Waals surface area contributed by atoms with Gasteiger partial charge in [0, 0.05) is 66.7 Å². The minimum atomic E-state index is -0.736. The number of methoxy groups -OCH3 is 2. The first kappa shape index (κ1) is 31.2. The average Bonchev–Trinajstić information content (AvgIpc) is 3.62. The maximum Gasteiger partial charge on any atom is 0.295 e. The van der Waals surface area contributed by atoms with Gasteiger partial charge in [-0.15, -0.1) is 0 Å². The normalized spacial score (nSPS) is 16.2. The molecule has 46 heavy (non-hydrogen) atoms. The van der Waals surface area contributed by atoms with Crippen molar-refractivity contribution in [2.45, 2.75) is 44.6 Å². The Labute approximate surface area is 269 Å². The van der Waals surface area contributed by atoms with Crippen LogP contribution in [-0.2, 0) is 16.1 Å². The standard InChI is InChI=1S/C36H40N4O6/c1-43-33-27(14-17-31(34(33)44-2)46-29-9-3-4-10-29)23-39-19-21-40(22-20-39)36(42)26-12-15-28(16-13-26)38-35(45-24-41)30-11-5-7-25-8-6-18-37-32(25)30/h5-8,11-18,24,29,35,38H,3-4,9-10,19-23H2,1-2H3. The Morgan fingerprint density at radius 3 is 2.39 bits per heavy atom. The predicted octanol–water partition coefficient (Wildman–Crippen LogP) is 5.82. The number of benzene rings is 3. The van der Waals surface area contributed by atoms with Crippen molar-refractivity contribution in [2.24, 2.45) is 0 Å². The molecule has 1 saturated carbocycles. The van der Waals surface area contributed by atoms with E-state index in [0.717, 1.165) is 53.7 Å². The van der Waals surface area contributed by atoms with Gasteiger partial charge in [-0.05, 0) is 62.1 Å². The summed E-state index contributed by atoms with van der Waals surface area (Å²) in [5.41, 5.74) is 3.83. The second kappa shape index (κ2) is 14.5. The third-order valence-corrected chi connectivity index (χ3v) is 8.78. The fraction of sp³-hybridized carbons (Fsp3) is 0.361. The highest BCUT2D eigenvalue weighted by Gasteiger charge is 2.26. The van der Waals surface area contributed by atoms with Crippen LogP contribution in [0.15, 0.2) is 72.9 Å². The molecule has 1 unspecified atom stereocenters. The summed E-state index contributed by atoms with van der Waals surface area (Å²) >= 11 is 0. The molecule has 1 aliphatic heterocycles. The number of rotatable bonds is 12. The molecular weight excluding hydrogens is 584 g/mol. The van der Waals surface area contributed by atoms with Crippen LogP contribution in [-0.4, -0.2) is 73.7 Å². The van der Waals surface area contributed by atoms with Crippen LogP contribution in [0.4, 0.5) is 5.69 Å². The van der Waals surface area contributed by atoms with Crippen LogP contribution in [0.1, 0.15) is 53.4 Å². The number of hydrogen-bond acceptors (Lipinski definition) is 9. The molecule has 2 heterocycles. The monoisotopic (exact) mass is 624 g/mol. The van der Waals surface area contributed by atoms with E-state index in [1.165, 1.54) is 12.8 Å². The largest absolute Gasteiger partial charge is 0.492 e. The van der Waals surface area contributed by atoms with E-state index in [-0.39, 0.29) is 12.0 Å². The van der Waals surface area contributed by atoms with Crippen LogP contribution in [0.3, 0.4) is 0 Å². The molecular formula is C36H40N4O6. The van der Waals surface area contributed by atoms with Crippen molar-refractivity contribution >= 4 is 29.0 Å². The van der Waals surface area contributed by atoms with E-state index in [9.17, 15) is 9.59 Å². The van der Waals surface area contributed by atoms with Gasteiger partial charge in [-0.2, -0.15) is 0 Å². The number of piperazine rings is 1. The number of anilines is 1. The molecule has 1 aliphatic carbocycles. The SMILES string of the molecule is COc1c(CN2CCN(C(=O)c3ccc(NC(OC=O)c4cccc5cccnc45)cc3)CC2)ccc(OC2CCCC2)c1OC. The number of carbonyl (C=O) groups is 2. The van der Waals surface area contributed by atoms with Crippen LogP contribution >= 0.6 is 0 Å². The van der Waals surface area contributed by atoms with Crippen molar-refractivity contribution in [3.63, 3.8) is 0 Å². The zero-order chi connectivity index (χ0) is 31.9. The Morgan fingerprint density at radius 1 is 0.935 bits per heavy atom. The molecule has 2 fully saturated rings. The van der Waals surface area contributed by atoms with E-state index in [2.05, 4.69) is 21.3 Å². The van der Waals surface area contributed by atoms with Gasteiger partial charge in [0.05, 0.1) is 25.8 Å². The number of aromatic nitrogens is 1. The van der Waals surface area contributed by atoms with Gasteiger partial charge in [-0.25, -0.2) is 0 Å². The highest BCUT2D eigenvalue weighted by Crippen LogP contribution is 2.42. The molecule has 1 atom stereocenters. The smallest absolute Gasteiger partial charge is 0.295 e. The maximum absolute atomic E-state index is 13.4. The number of amides is 1. The van der Waals surface area contributed by atoms with Crippen molar-refractivity contribution in [2.75, 3.05) is 45.7 Å². The van der Waals surface area contributed by atoms with Crippen LogP contribution in [0.2, 0.25) is 0 Å². The molecule has 3 aromatic carbocycles. The summed E-state index contributed by atoms with van der Waals surface area (Å²) < 4.78 is 23.2. The summed E-state index contributed by atoms with van der Waals surface area (Å²) in [6.45, 7) is 3.81. The third-order valence-electron chi connectivity index (χ3n) is 8.78. The molecule has 2 aliphatic rings. The molecule has 0 spiro atoms. The number of carbonyl (C=O) groups excluding carboxylic acids is 2. The molecule has 10 heteroatoms. The number of fused-ring (bicyclic) bond motifs is 1. The molecule has 1 saturated heterocycles. The van der Waals surface area contributed by atoms with Crippen LogP contribution < -0.4 is 19.5 Å². The highest BCUT2D eigenvalue weighted by molar-refractivity contribution is 5.94. The summed E-state index contributed by atoms with van der Waals surface area (Å²) in [5, 5.41) is 4.20. The zero-order valence-electron chi connectivity index (χ0n) is 26.3. The minimum absolute atomic E-state index is 0.0159. The van der Waals surface area contributed by atoms with E-state index in [0.29, 0.717) is 48.9 Å². The van der Waals surface area contributed by atoms with Crippen molar-refractivity contribution in [3.05, 3.63) is 89.6 Å². The fourth-order valence-corrected chi connectivity index (χ4v) is 6.38. The Hall–Kier alpha value is -4.83. The lowest BCUT2D eigenvalue weighted by molar-refractivity contribution is -0.132. The number of nitrogens with one attached hydrogen (secondary N) is 1. The molecule has 6 rings (SSSR count). The first-order valence-electron chi connectivity index (χ1n) is 15.8. The molecule has 4 aromatic rings. The van der Waals surface area contributed by atoms with Gasteiger partial charge in [0.2, 0.25) is 12.0 Å². The van der Waals surface area contributed by atoms with Gasteiger partial charge in [-0.1, -0.05) is 30.3 Å². The predicted molar refractivity (Wildman–Crippen MR) is 175 cm³/mol. The second-order valence-electron chi connectivity index (χ2n) is 11.6. The first-order chi connectivity index (χ1) is 22.6. The summed E-state index contributed by atoms with van der Waals surface area (Å²) in [7, 11) is 3.31. The van der Waals surface area contributed by atoms with Gasteiger partial charge >= 0.3 is 0 Å². The number of hydrogen-bond donors (Lipinski definition) is 1. The van der Waals surface area contributed by atoms with E-state index in [1.807, 2.05) is 53.4 Å². The Bertz CT molecular complexity index is 1640. The van der Waals surface area contributed by atoms with E-state index in [1.54, 1.807) is 32.5 Å². The number of pyridine rings is 1. The molecule has 10 nitrogen and oxygen atoms in total. The molecule has 1 aromatic heterocycles. The topological polar surface area (TPSA) is 102 Å². The lowest BCUT2D eigenvalue weighted by Gasteiger charge is -2.35. The van der Waals surface area contributed by atoms with E-state index in [4.69, 9.17) is 18.9 Å². The average molecular weight is 625 g/mol. The molecule has 0 radical (unpaired) electrons. The molecule has 1 amide bonds. The van der Waals surface area contributed by atoms with Gasteiger partial charge in [-0.3, -0.25) is 19.5 Å². The van der Waals surface area contributed by atoms with Gasteiger partial charge < -0.3 is 29.2 Å². The third kappa shape index (κ3) is 6.87. The second-order valence-corrected chi connectivity index (χ2v) is 11.6. The van der Waals surface area contributed by atoms with Crippen LogP contribution in [0, 0.1) is 0 Å². The molecule has 1 N–H and O–H groups in total. The Morgan fingerprint density at radius 2 is 1.67 bits per heavy atom. The van der Waals surface area contributed by atoms with E-state index < -0.39 is 6.23 Å². The Balaban J connectivity index is 1.06. The number of ether oxygens (including phenoxy) is 4. The molecule has 240 valence electrons. The Kier molecular flexibility index (Phi) is 9.83. The van der Waals surface area contributed by atoms with Crippen molar-refractivity contribution < 1.29 is 28.5 Å². The quantitative estimate of drug-likeness (QED) is 0.154. The lowest BCUT2D eigenvalue weighted by Crippen LogP contribution is -2.48. The first-order valence-corrected chi connectivity index (χ1v) is 15.8. The fourth-order valence-electron chi connectivity index (χ4n) is 6.38. The van der Waals surface area contributed by atoms with Crippen molar-refractivity contribution in [1.29, 1.82) is 0 Å². The lowest BCUT2D eigenvalue weighted by atomic mass is 10.1. The summed E-state index contributed by atoms with van der Waals surface area (Å²) in [6, 6.07) is 20.8. The summed E-state index contributed by atoms with van der Waals surface area (Å²) in [5.74, 6) is 2.04. The van der Waals surface area contributed by atoms with Crippen LogP contribution in [0.5, 0.6) is 17.2 Å². The van der Waals surface area contributed by atoms with E-state index >= 15 is 0 Å².